The van der Waals surface area contributed by atoms with Gasteiger partial charge in [-0.2, -0.15) is 0 Å². The van der Waals surface area contributed by atoms with Crippen LogP contribution in [0.15, 0.2) is 53.4 Å². The SMILES string of the molecule is CCC(C)c1ccccc1NC(=O)C(C)Sc1ccccc1F. The largest absolute Gasteiger partial charge is 0.325 e. The minimum atomic E-state index is -0.378. The summed E-state index contributed by atoms with van der Waals surface area (Å²) in [6, 6.07) is 14.4. The summed E-state index contributed by atoms with van der Waals surface area (Å²) < 4.78 is 13.7. The van der Waals surface area contributed by atoms with Gasteiger partial charge in [-0.3, -0.25) is 4.79 Å². The van der Waals surface area contributed by atoms with Crippen molar-refractivity contribution in [1.29, 1.82) is 0 Å². The van der Waals surface area contributed by atoms with Crippen molar-refractivity contribution in [2.24, 2.45) is 0 Å². The molecule has 1 amide bonds. The molecule has 0 bridgehead atoms. The monoisotopic (exact) mass is 331 g/mol. The van der Waals surface area contributed by atoms with Crippen molar-refractivity contribution < 1.29 is 9.18 Å². The van der Waals surface area contributed by atoms with E-state index >= 15 is 0 Å². The molecule has 2 rings (SSSR count). The first-order valence-electron chi connectivity index (χ1n) is 7.84. The van der Waals surface area contributed by atoms with E-state index in [0.29, 0.717) is 10.8 Å². The van der Waals surface area contributed by atoms with Gasteiger partial charge in [0.2, 0.25) is 5.91 Å². The lowest BCUT2D eigenvalue weighted by atomic mass is 9.97. The van der Waals surface area contributed by atoms with Crippen LogP contribution in [-0.2, 0) is 4.79 Å². The normalized spacial score (nSPS) is 13.4. The highest BCUT2D eigenvalue weighted by Gasteiger charge is 2.18. The average Bonchev–Trinajstić information content (AvgIpc) is 2.56. The standard InChI is InChI=1S/C19H22FNOS/c1-4-13(2)15-9-5-7-11-17(15)21-19(22)14(3)23-18-12-8-6-10-16(18)20/h5-14H,4H2,1-3H3,(H,21,22). The molecule has 0 aliphatic heterocycles. The molecule has 2 aromatic carbocycles. The van der Waals surface area contributed by atoms with E-state index in [4.69, 9.17) is 0 Å². The van der Waals surface area contributed by atoms with Crippen molar-refractivity contribution in [2.75, 3.05) is 5.32 Å². The first-order valence-corrected chi connectivity index (χ1v) is 8.71. The molecule has 0 fully saturated rings. The van der Waals surface area contributed by atoms with Crippen molar-refractivity contribution in [3.63, 3.8) is 0 Å². The van der Waals surface area contributed by atoms with Gasteiger partial charge in [0.15, 0.2) is 0 Å². The molecule has 0 aromatic heterocycles. The summed E-state index contributed by atoms with van der Waals surface area (Å²) in [7, 11) is 0. The lowest BCUT2D eigenvalue weighted by Gasteiger charge is -2.18. The molecular formula is C19H22FNOS. The van der Waals surface area contributed by atoms with Gasteiger partial charge in [0.05, 0.1) is 5.25 Å². The number of para-hydroxylation sites is 1. The van der Waals surface area contributed by atoms with Gasteiger partial charge in [-0.05, 0) is 43.0 Å². The summed E-state index contributed by atoms with van der Waals surface area (Å²) in [5, 5.41) is 2.61. The van der Waals surface area contributed by atoms with Gasteiger partial charge < -0.3 is 5.32 Å². The highest BCUT2D eigenvalue weighted by Crippen LogP contribution is 2.29. The molecule has 23 heavy (non-hydrogen) atoms. The van der Waals surface area contributed by atoms with Gasteiger partial charge in [0.1, 0.15) is 5.82 Å². The lowest BCUT2D eigenvalue weighted by molar-refractivity contribution is -0.115. The van der Waals surface area contributed by atoms with Crippen LogP contribution in [0.25, 0.3) is 0 Å². The van der Waals surface area contributed by atoms with Crippen LogP contribution in [-0.4, -0.2) is 11.2 Å². The van der Waals surface area contributed by atoms with Crippen molar-refractivity contribution in [3.05, 3.63) is 59.9 Å². The molecule has 0 radical (unpaired) electrons. The van der Waals surface area contributed by atoms with Crippen molar-refractivity contribution in [3.8, 4) is 0 Å². The number of amides is 1. The number of thioether (sulfide) groups is 1. The second kappa shape index (κ2) is 8.16. The van der Waals surface area contributed by atoms with E-state index in [1.165, 1.54) is 17.8 Å². The number of rotatable bonds is 6. The van der Waals surface area contributed by atoms with E-state index in [1.54, 1.807) is 25.1 Å². The van der Waals surface area contributed by atoms with Crippen LogP contribution in [0.2, 0.25) is 0 Å². The molecule has 2 atom stereocenters. The van der Waals surface area contributed by atoms with Crippen LogP contribution in [0, 0.1) is 5.82 Å². The summed E-state index contributed by atoms with van der Waals surface area (Å²) in [4.78, 5) is 12.9. The maximum Gasteiger partial charge on any atom is 0.237 e. The Morgan fingerprint density at radius 3 is 2.48 bits per heavy atom. The molecule has 4 heteroatoms. The van der Waals surface area contributed by atoms with Crippen molar-refractivity contribution in [2.45, 2.75) is 43.3 Å². The first-order chi connectivity index (χ1) is 11.0. The van der Waals surface area contributed by atoms with Crippen LogP contribution in [0.4, 0.5) is 10.1 Å². The highest BCUT2D eigenvalue weighted by molar-refractivity contribution is 8.00. The number of carbonyl (C=O) groups is 1. The van der Waals surface area contributed by atoms with E-state index in [1.807, 2.05) is 24.3 Å². The smallest absolute Gasteiger partial charge is 0.237 e. The molecule has 0 heterocycles. The minimum Gasteiger partial charge on any atom is -0.325 e. The van der Waals surface area contributed by atoms with E-state index < -0.39 is 0 Å². The minimum absolute atomic E-state index is 0.117. The Morgan fingerprint density at radius 1 is 1.13 bits per heavy atom. The quantitative estimate of drug-likeness (QED) is 0.712. The number of anilines is 1. The molecular weight excluding hydrogens is 309 g/mol. The van der Waals surface area contributed by atoms with Gasteiger partial charge in [0, 0.05) is 10.6 Å². The van der Waals surface area contributed by atoms with Gasteiger partial charge >= 0.3 is 0 Å². The molecule has 1 N–H and O–H groups in total. The van der Waals surface area contributed by atoms with E-state index in [9.17, 15) is 9.18 Å². The van der Waals surface area contributed by atoms with Crippen molar-refractivity contribution >= 4 is 23.4 Å². The zero-order valence-electron chi connectivity index (χ0n) is 13.7. The molecule has 0 aliphatic carbocycles. The summed E-state index contributed by atoms with van der Waals surface area (Å²) in [6.45, 7) is 6.06. The molecule has 0 saturated heterocycles. The summed E-state index contributed by atoms with van der Waals surface area (Å²) in [5.74, 6) is -0.0350. The van der Waals surface area contributed by atoms with Crippen LogP contribution in [0.1, 0.15) is 38.7 Å². The average molecular weight is 331 g/mol. The topological polar surface area (TPSA) is 29.1 Å². The Morgan fingerprint density at radius 2 is 1.78 bits per heavy atom. The summed E-state index contributed by atoms with van der Waals surface area (Å²) >= 11 is 1.23. The maximum absolute atomic E-state index is 13.7. The molecule has 2 unspecified atom stereocenters. The lowest BCUT2D eigenvalue weighted by Crippen LogP contribution is -2.23. The second-order valence-corrected chi connectivity index (χ2v) is 6.96. The molecule has 0 spiro atoms. The van der Waals surface area contributed by atoms with Crippen LogP contribution < -0.4 is 5.32 Å². The van der Waals surface area contributed by atoms with Crippen LogP contribution in [0.5, 0.6) is 0 Å². The molecule has 122 valence electrons. The maximum atomic E-state index is 13.7. The number of hydrogen-bond acceptors (Lipinski definition) is 2. The Hall–Kier alpha value is -1.81. The third-order valence-electron chi connectivity index (χ3n) is 3.87. The second-order valence-electron chi connectivity index (χ2n) is 5.58. The zero-order valence-corrected chi connectivity index (χ0v) is 14.5. The third kappa shape index (κ3) is 4.58. The summed E-state index contributed by atoms with van der Waals surface area (Å²) in [6.07, 6.45) is 1.01. The fourth-order valence-corrected chi connectivity index (χ4v) is 3.16. The number of carbonyl (C=O) groups excluding carboxylic acids is 1. The first kappa shape index (κ1) is 17.5. The van der Waals surface area contributed by atoms with Gasteiger partial charge in [-0.25, -0.2) is 4.39 Å². The Labute approximate surface area is 141 Å². The van der Waals surface area contributed by atoms with Gasteiger partial charge in [-0.1, -0.05) is 44.2 Å². The molecule has 2 aromatic rings. The van der Waals surface area contributed by atoms with Crippen LogP contribution >= 0.6 is 11.8 Å². The van der Waals surface area contributed by atoms with E-state index in [2.05, 4.69) is 19.2 Å². The molecule has 2 nitrogen and oxygen atoms in total. The number of benzene rings is 2. The Kier molecular flexibility index (Phi) is 6.22. The van der Waals surface area contributed by atoms with E-state index in [0.717, 1.165) is 17.7 Å². The number of hydrogen-bond donors (Lipinski definition) is 1. The van der Waals surface area contributed by atoms with Gasteiger partial charge in [0.25, 0.3) is 0 Å². The predicted molar refractivity (Wildman–Crippen MR) is 95.5 cm³/mol. The van der Waals surface area contributed by atoms with Crippen molar-refractivity contribution in [1.82, 2.24) is 0 Å². The van der Waals surface area contributed by atoms with E-state index in [-0.39, 0.29) is 17.0 Å². The number of halogens is 1. The summed E-state index contributed by atoms with van der Waals surface area (Å²) in [5.41, 5.74) is 1.97. The van der Waals surface area contributed by atoms with Gasteiger partial charge in [-0.15, -0.1) is 11.8 Å². The number of nitrogens with one attached hydrogen (secondary N) is 1. The fraction of sp³-hybridized carbons (Fsp3) is 0.316. The Bertz CT molecular complexity index is 674. The van der Waals surface area contributed by atoms with Crippen LogP contribution in [0.3, 0.4) is 0 Å². The third-order valence-corrected chi connectivity index (χ3v) is 5.02. The fourth-order valence-electron chi connectivity index (χ4n) is 2.28. The molecule has 0 saturated carbocycles. The zero-order chi connectivity index (χ0) is 16.8. The molecule has 0 aliphatic rings. The Balaban J connectivity index is 2.09. The predicted octanol–water partition coefficient (Wildman–Crippen LogP) is 5.46. The highest BCUT2D eigenvalue weighted by atomic mass is 32.2.